The summed E-state index contributed by atoms with van der Waals surface area (Å²) in [5, 5.41) is 0. The maximum Gasteiger partial charge on any atom is 0.135 e. The van der Waals surface area contributed by atoms with E-state index in [4.69, 9.17) is 4.74 Å². The molecule has 0 saturated heterocycles. The van der Waals surface area contributed by atoms with Crippen molar-refractivity contribution in [2.45, 2.75) is 50.5 Å². The summed E-state index contributed by atoms with van der Waals surface area (Å²) < 4.78 is 6.92. The average molecular weight is 696 g/mol. The summed E-state index contributed by atoms with van der Waals surface area (Å²) in [4.78, 5) is 2.54. The van der Waals surface area contributed by atoms with E-state index in [1.54, 1.807) is 0 Å². The van der Waals surface area contributed by atoms with Gasteiger partial charge in [0.25, 0.3) is 0 Å². The number of nitrogens with zero attached hydrogens (tertiary/aromatic N) is 1. The lowest BCUT2D eigenvalue weighted by molar-refractivity contribution is 0.223. The summed E-state index contributed by atoms with van der Waals surface area (Å²) in [5.41, 5.74) is 20.2. The predicted molar refractivity (Wildman–Crippen MR) is 223 cm³/mol. The zero-order valence-corrected chi connectivity index (χ0v) is 31.1. The van der Waals surface area contributed by atoms with Crippen molar-refractivity contribution in [2.24, 2.45) is 0 Å². The second-order valence-electron chi connectivity index (χ2n) is 16.4. The Kier molecular flexibility index (Phi) is 6.51. The first-order chi connectivity index (χ1) is 26.3. The molecule has 0 amide bonds. The van der Waals surface area contributed by atoms with Crippen molar-refractivity contribution in [3.63, 3.8) is 0 Å². The second kappa shape index (κ2) is 11.2. The molecule has 0 aromatic heterocycles. The van der Waals surface area contributed by atoms with E-state index in [0.717, 1.165) is 17.1 Å². The molecule has 7 aromatic rings. The molecule has 0 fully saturated rings. The number of ether oxygens (including phenoxy) is 1. The molecule has 2 unspecified atom stereocenters. The average Bonchev–Trinajstić information content (AvgIpc) is 3.78. The molecule has 3 aliphatic carbocycles. The molecule has 7 aromatic carbocycles. The fraction of sp³-hybridized carbons (Fsp3) is 0.154. The highest BCUT2D eigenvalue weighted by atomic mass is 16.5. The van der Waals surface area contributed by atoms with Gasteiger partial charge in [0.2, 0.25) is 0 Å². The van der Waals surface area contributed by atoms with Crippen LogP contribution in [0, 0.1) is 0 Å². The smallest absolute Gasteiger partial charge is 0.135 e. The SMILES string of the molecule is CC1(C)c2ccccc2-c2ccc(N(C3=CC4c5c(cccc5-c5ccccc5)OC4c4ccccc43)c3ccc4c(c3)C(C)(C)c3ccccc3-4)cc21. The van der Waals surface area contributed by atoms with Gasteiger partial charge in [-0.25, -0.2) is 0 Å². The first-order valence-corrected chi connectivity index (χ1v) is 19.3. The highest BCUT2D eigenvalue weighted by Crippen LogP contribution is 2.58. The first kappa shape index (κ1) is 31.4. The summed E-state index contributed by atoms with van der Waals surface area (Å²) in [6.45, 7) is 9.49. The predicted octanol–water partition coefficient (Wildman–Crippen LogP) is 13.4. The molecule has 1 aliphatic heterocycles. The Balaban J connectivity index is 1.16. The van der Waals surface area contributed by atoms with Crippen LogP contribution in [0.15, 0.2) is 164 Å². The van der Waals surface area contributed by atoms with Crippen molar-refractivity contribution in [2.75, 3.05) is 4.90 Å². The molecule has 2 atom stereocenters. The van der Waals surface area contributed by atoms with Crippen LogP contribution < -0.4 is 9.64 Å². The summed E-state index contributed by atoms with van der Waals surface area (Å²) in [5.74, 6) is 1.01. The minimum atomic E-state index is -0.123. The Bertz CT molecular complexity index is 2610. The van der Waals surface area contributed by atoms with Gasteiger partial charge in [0, 0.05) is 44.8 Å². The number of rotatable bonds is 4. The number of fused-ring (bicyclic) bond motifs is 11. The minimum absolute atomic E-state index is 0.0362. The van der Waals surface area contributed by atoms with E-state index >= 15 is 0 Å². The van der Waals surface area contributed by atoms with Crippen LogP contribution in [0.3, 0.4) is 0 Å². The van der Waals surface area contributed by atoms with Gasteiger partial charge in [-0.1, -0.05) is 155 Å². The van der Waals surface area contributed by atoms with Crippen molar-refractivity contribution in [3.8, 4) is 39.1 Å². The monoisotopic (exact) mass is 695 g/mol. The third-order valence-electron chi connectivity index (χ3n) is 12.8. The van der Waals surface area contributed by atoms with Crippen molar-refractivity contribution in [1.82, 2.24) is 0 Å². The number of hydrogen-bond donors (Lipinski definition) is 0. The summed E-state index contributed by atoms with van der Waals surface area (Å²) >= 11 is 0. The topological polar surface area (TPSA) is 12.5 Å². The van der Waals surface area contributed by atoms with Crippen molar-refractivity contribution in [3.05, 3.63) is 203 Å². The highest BCUT2D eigenvalue weighted by molar-refractivity contribution is 5.95. The van der Waals surface area contributed by atoms with Gasteiger partial charge in [0.15, 0.2) is 0 Å². The minimum Gasteiger partial charge on any atom is -0.484 e. The van der Waals surface area contributed by atoms with E-state index in [9.17, 15) is 0 Å². The molecule has 260 valence electrons. The van der Waals surface area contributed by atoms with Crippen LogP contribution in [0.4, 0.5) is 11.4 Å². The Morgan fingerprint density at radius 1 is 0.463 bits per heavy atom. The van der Waals surface area contributed by atoms with Crippen LogP contribution in [-0.4, -0.2) is 0 Å². The fourth-order valence-electron chi connectivity index (χ4n) is 10.2. The van der Waals surface area contributed by atoms with E-state index in [1.807, 2.05) is 0 Å². The molecule has 0 radical (unpaired) electrons. The normalized spacial score (nSPS) is 18.6. The lowest BCUT2D eigenvalue weighted by Gasteiger charge is -2.36. The van der Waals surface area contributed by atoms with E-state index in [2.05, 4.69) is 196 Å². The molecule has 2 nitrogen and oxygen atoms in total. The molecule has 2 heteroatoms. The van der Waals surface area contributed by atoms with Gasteiger partial charge in [-0.15, -0.1) is 0 Å². The zero-order valence-electron chi connectivity index (χ0n) is 31.1. The van der Waals surface area contributed by atoms with Gasteiger partial charge in [0.1, 0.15) is 11.9 Å². The largest absolute Gasteiger partial charge is 0.484 e. The van der Waals surface area contributed by atoms with Crippen molar-refractivity contribution < 1.29 is 4.74 Å². The quantitative estimate of drug-likeness (QED) is 0.182. The van der Waals surface area contributed by atoms with Gasteiger partial charge >= 0.3 is 0 Å². The second-order valence-corrected chi connectivity index (χ2v) is 16.4. The molecular weight excluding hydrogens is 655 g/mol. The van der Waals surface area contributed by atoms with E-state index in [1.165, 1.54) is 78.0 Å². The van der Waals surface area contributed by atoms with Crippen LogP contribution >= 0.6 is 0 Å². The van der Waals surface area contributed by atoms with Crippen molar-refractivity contribution >= 4 is 17.1 Å². The zero-order chi connectivity index (χ0) is 36.3. The molecule has 54 heavy (non-hydrogen) atoms. The van der Waals surface area contributed by atoms with E-state index in [0.29, 0.717) is 0 Å². The van der Waals surface area contributed by atoms with Gasteiger partial charge in [-0.05, 0) is 92.0 Å². The van der Waals surface area contributed by atoms with Crippen LogP contribution in [0.5, 0.6) is 5.75 Å². The Morgan fingerprint density at radius 2 is 0.981 bits per heavy atom. The molecular formula is C52H41NO. The first-order valence-electron chi connectivity index (χ1n) is 19.3. The third-order valence-corrected chi connectivity index (χ3v) is 12.8. The van der Waals surface area contributed by atoms with Gasteiger partial charge in [-0.2, -0.15) is 0 Å². The highest BCUT2D eigenvalue weighted by Gasteiger charge is 2.43. The molecule has 1 heterocycles. The maximum absolute atomic E-state index is 6.92. The van der Waals surface area contributed by atoms with E-state index in [-0.39, 0.29) is 22.9 Å². The Labute approximate surface area is 318 Å². The van der Waals surface area contributed by atoms with Crippen LogP contribution in [0.25, 0.3) is 39.1 Å². The number of anilines is 2. The number of hydrogen-bond acceptors (Lipinski definition) is 2. The van der Waals surface area contributed by atoms with Gasteiger partial charge in [0.05, 0.1) is 5.70 Å². The van der Waals surface area contributed by atoms with Crippen LogP contribution in [0.2, 0.25) is 0 Å². The lowest BCUT2D eigenvalue weighted by atomic mass is 9.79. The van der Waals surface area contributed by atoms with Gasteiger partial charge < -0.3 is 9.64 Å². The molecule has 0 saturated carbocycles. The lowest BCUT2D eigenvalue weighted by Crippen LogP contribution is -2.24. The standard InChI is InChI=1S/C52H41NO/c1-51(2)43-22-12-10-17-36(43)38-27-25-33(29-45(38)51)53(34-26-28-39-37-18-11-13-23-44(37)52(3,4)46(39)30-34)47-31-42-49-35(32-15-6-5-7-16-32)21-14-24-48(49)54-50(42)41-20-9-8-19-40(41)47/h5-31,42,50H,1-4H3. The van der Waals surface area contributed by atoms with Crippen LogP contribution in [-0.2, 0) is 10.8 Å². The number of benzene rings is 7. The Morgan fingerprint density at radius 3 is 1.61 bits per heavy atom. The Hall–Kier alpha value is -6.12. The molecule has 0 bridgehead atoms. The summed E-state index contributed by atoms with van der Waals surface area (Å²) in [6.07, 6.45) is 2.40. The molecule has 0 N–H and O–H groups in total. The molecule has 4 aliphatic rings. The van der Waals surface area contributed by atoms with E-state index < -0.39 is 0 Å². The maximum atomic E-state index is 6.92. The summed E-state index contributed by atoms with van der Waals surface area (Å²) in [7, 11) is 0. The third kappa shape index (κ3) is 4.28. The summed E-state index contributed by atoms with van der Waals surface area (Å²) in [6, 6.07) is 58.4. The van der Waals surface area contributed by atoms with Crippen LogP contribution in [0.1, 0.15) is 78.7 Å². The molecule has 11 rings (SSSR count). The molecule has 0 spiro atoms. The van der Waals surface area contributed by atoms with Crippen molar-refractivity contribution in [1.29, 1.82) is 0 Å². The van der Waals surface area contributed by atoms with Gasteiger partial charge in [-0.3, -0.25) is 0 Å². The fourth-order valence-corrected chi connectivity index (χ4v) is 10.2.